The Labute approximate surface area is 277 Å². The zero-order chi connectivity index (χ0) is 33.9. The molecular weight excluding hydrogens is 635 g/mol. The standard InChI is InChI=1S/C35H35Cl2F2N3O4/c1-18(2)31-41(20-11-12-21(33(44)45)26(15-20)46-6)32(43)30-28(22-8-7-9-24(37)29(22)39)35(17-40,23-13-10-19(36)14-25(23)38)27(42(30)31)16-34(3,4)5/h7-15,18,27-28,30-31H,16H2,1-6H3,(H,44,45). The van der Waals surface area contributed by atoms with Crippen LogP contribution in [0.2, 0.25) is 10.0 Å². The predicted octanol–water partition coefficient (Wildman–Crippen LogP) is 8.04. The molecule has 2 saturated heterocycles. The summed E-state index contributed by atoms with van der Waals surface area (Å²) in [4.78, 5) is 30.3. The van der Waals surface area contributed by atoms with E-state index >= 15 is 8.78 Å². The van der Waals surface area contributed by atoms with E-state index in [0.717, 1.165) is 6.07 Å². The van der Waals surface area contributed by atoms with Crippen LogP contribution in [-0.4, -0.2) is 47.2 Å². The largest absolute Gasteiger partial charge is 0.496 e. The molecule has 2 fully saturated rings. The van der Waals surface area contributed by atoms with E-state index in [9.17, 15) is 20.0 Å². The molecule has 2 aliphatic heterocycles. The van der Waals surface area contributed by atoms with Crippen LogP contribution in [0.4, 0.5) is 14.5 Å². The van der Waals surface area contributed by atoms with Gasteiger partial charge in [-0.3, -0.25) is 14.6 Å². The van der Waals surface area contributed by atoms with Crippen LogP contribution >= 0.6 is 23.2 Å². The number of fused-ring (bicyclic) bond motifs is 1. The molecule has 7 nitrogen and oxygen atoms in total. The van der Waals surface area contributed by atoms with Crippen LogP contribution in [0.5, 0.6) is 5.75 Å². The Morgan fingerprint density at radius 2 is 1.83 bits per heavy atom. The van der Waals surface area contributed by atoms with Gasteiger partial charge in [0.2, 0.25) is 5.91 Å². The molecule has 5 unspecified atom stereocenters. The van der Waals surface area contributed by atoms with Gasteiger partial charge in [-0.25, -0.2) is 13.6 Å². The van der Waals surface area contributed by atoms with E-state index in [1.54, 1.807) is 11.0 Å². The zero-order valence-electron chi connectivity index (χ0n) is 26.3. The maximum absolute atomic E-state index is 16.2. The second kappa shape index (κ2) is 12.1. The summed E-state index contributed by atoms with van der Waals surface area (Å²) in [7, 11) is 1.34. The molecule has 5 atom stereocenters. The quantitative estimate of drug-likeness (QED) is 0.274. The molecule has 0 spiro atoms. The van der Waals surface area contributed by atoms with Crippen molar-refractivity contribution >= 4 is 40.8 Å². The van der Waals surface area contributed by atoms with Crippen LogP contribution in [-0.2, 0) is 10.2 Å². The molecule has 0 bridgehead atoms. The highest BCUT2D eigenvalue weighted by Gasteiger charge is 2.70. The van der Waals surface area contributed by atoms with Gasteiger partial charge in [-0.1, -0.05) is 76.0 Å². The lowest BCUT2D eigenvalue weighted by molar-refractivity contribution is -0.119. The number of hydrogen-bond acceptors (Lipinski definition) is 5. The molecule has 0 saturated carbocycles. The van der Waals surface area contributed by atoms with E-state index in [4.69, 9.17) is 27.9 Å². The summed E-state index contributed by atoms with van der Waals surface area (Å²) in [5, 5.41) is 20.9. The number of halogens is 4. The fourth-order valence-corrected chi connectivity index (χ4v) is 7.75. The van der Waals surface area contributed by atoms with Crippen molar-refractivity contribution in [2.24, 2.45) is 11.3 Å². The maximum atomic E-state index is 16.2. The van der Waals surface area contributed by atoms with Crippen molar-refractivity contribution in [2.45, 2.75) is 70.6 Å². The van der Waals surface area contributed by atoms with Crippen molar-refractivity contribution in [1.82, 2.24) is 4.90 Å². The van der Waals surface area contributed by atoms with E-state index in [-0.39, 0.29) is 38.4 Å². The van der Waals surface area contributed by atoms with Gasteiger partial charge >= 0.3 is 5.97 Å². The second-order valence-electron chi connectivity index (χ2n) is 13.5. The average molecular weight is 671 g/mol. The number of aromatic carboxylic acids is 1. The molecule has 3 aromatic rings. The second-order valence-corrected chi connectivity index (χ2v) is 14.3. The number of amides is 1. The first-order valence-corrected chi connectivity index (χ1v) is 15.7. The van der Waals surface area contributed by atoms with E-state index < -0.39 is 58.5 Å². The third kappa shape index (κ3) is 5.30. The van der Waals surface area contributed by atoms with Gasteiger partial charge in [0.1, 0.15) is 34.4 Å². The van der Waals surface area contributed by atoms with E-state index in [1.807, 2.05) is 39.5 Å². The molecule has 46 heavy (non-hydrogen) atoms. The molecule has 2 heterocycles. The Kier molecular flexibility index (Phi) is 8.88. The number of carboxylic acids is 1. The lowest BCUT2D eigenvalue weighted by Gasteiger charge is -2.43. The number of carbonyl (C=O) groups is 2. The van der Waals surface area contributed by atoms with Gasteiger partial charge in [0.15, 0.2) is 0 Å². The molecule has 0 radical (unpaired) electrons. The van der Waals surface area contributed by atoms with Crippen LogP contribution in [0.3, 0.4) is 0 Å². The van der Waals surface area contributed by atoms with Gasteiger partial charge in [-0.15, -0.1) is 0 Å². The number of rotatable bonds is 7. The van der Waals surface area contributed by atoms with Crippen LogP contribution in [0, 0.1) is 34.3 Å². The Morgan fingerprint density at radius 1 is 1.13 bits per heavy atom. The molecule has 1 amide bonds. The highest BCUT2D eigenvalue weighted by Crippen LogP contribution is 2.60. The third-order valence-corrected chi connectivity index (χ3v) is 9.57. The van der Waals surface area contributed by atoms with Crippen LogP contribution in [0.1, 0.15) is 68.4 Å². The smallest absolute Gasteiger partial charge is 0.339 e. The Bertz CT molecular complexity index is 1750. The summed E-state index contributed by atoms with van der Waals surface area (Å²) in [6.45, 7) is 9.82. The minimum atomic E-state index is -1.75. The molecule has 3 aromatic carbocycles. The highest BCUT2D eigenvalue weighted by molar-refractivity contribution is 6.31. The van der Waals surface area contributed by atoms with Crippen LogP contribution in [0.25, 0.3) is 0 Å². The Hall–Kier alpha value is -3.71. The van der Waals surface area contributed by atoms with E-state index in [2.05, 4.69) is 6.07 Å². The highest BCUT2D eigenvalue weighted by atomic mass is 35.5. The van der Waals surface area contributed by atoms with E-state index in [0.29, 0.717) is 12.1 Å². The van der Waals surface area contributed by atoms with Gasteiger partial charge in [0.05, 0.1) is 24.4 Å². The molecule has 0 aliphatic carbocycles. The first kappa shape index (κ1) is 33.6. The number of nitriles is 1. The van der Waals surface area contributed by atoms with Gasteiger partial charge in [0, 0.05) is 34.3 Å². The predicted molar refractivity (Wildman–Crippen MR) is 172 cm³/mol. The van der Waals surface area contributed by atoms with Crippen molar-refractivity contribution in [1.29, 1.82) is 5.26 Å². The molecule has 2 aliphatic rings. The lowest BCUT2D eigenvalue weighted by atomic mass is 9.62. The molecule has 0 aromatic heterocycles. The minimum absolute atomic E-state index is 0.0155. The first-order valence-electron chi connectivity index (χ1n) is 14.9. The molecule has 242 valence electrons. The summed E-state index contributed by atoms with van der Waals surface area (Å²) in [6.07, 6.45) is -0.343. The monoisotopic (exact) mass is 669 g/mol. The number of methoxy groups -OCH3 is 1. The number of anilines is 1. The maximum Gasteiger partial charge on any atom is 0.339 e. The molecule has 11 heteroatoms. The number of carbonyl (C=O) groups excluding carboxylic acids is 1. The fraction of sp³-hybridized carbons (Fsp3) is 0.400. The van der Waals surface area contributed by atoms with Gasteiger partial charge in [-0.05, 0) is 53.6 Å². The topological polar surface area (TPSA) is 93.9 Å². The number of nitrogens with zero attached hydrogens (tertiary/aromatic N) is 3. The third-order valence-electron chi connectivity index (χ3n) is 9.05. The number of benzene rings is 3. The van der Waals surface area contributed by atoms with Crippen molar-refractivity contribution in [3.05, 3.63) is 93.0 Å². The molecule has 5 rings (SSSR count). The SMILES string of the molecule is COc1cc(N2C(=O)C3C(c4cccc(Cl)c4F)C(C#N)(c4ccc(Cl)cc4F)C(CC(C)(C)C)N3C2C(C)C)ccc1C(=O)O. The van der Waals surface area contributed by atoms with E-state index in [1.165, 1.54) is 49.6 Å². The molecule has 1 N–H and O–H groups in total. The lowest BCUT2D eigenvalue weighted by Crippen LogP contribution is -2.53. The molecular formula is C35H35Cl2F2N3O4. The van der Waals surface area contributed by atoms with Crippen molar-refractivity contribution < 1.29 is 28.2 Å². The van der Waals surface area contributed by atoms with Gasteiger partial charge in [0.25, 0.3) is 0 Å². The summed E-state index contributed by atoms with van der Waals surface area (Å²) < 4.78 is 37.7. The average Bonchev–Trinajstić information content (AvgIpc) is 3.42. The number of hydrogen-bond donors (Lipinski definition) is 1. The van der Waals surface area contributed by atoms with Gasteiger partial charge in [-0.2, -0.15) is 5.26 Å². The van der Waals surface area contributed by atoms with Crippen molar-refractivity contribution in [2.75, 3.05) is 12.0 Å². The van der Waals surface area contributed by atoms with Gasteiger partial charge < -0.3 is 9.84 Å². The normalized spacial score (nSPS) is 24.7. The summed E-state index contributed by atoms with van der Waals surface area (Å²) >= 11 is 12.5. The van der Waals surface area contributed by atoms with Crippen molar-refractivity contribution in [3.8, 4) is 11.8 Å². The fourth-order valence-electron chi connectivity index (χ4n) is 7.41. The number of carboxylic acid groups (broad SMARTS) is 1. The zero-order valence-corrected chi connectivity index (χ0v) is 27.8. The Morgan fingerprint density at radius 3 is 2.39 bits per heavy atom. The van der Waals surface area contributed by atoms with Crippen LogP contribution in [0.15, 0.2) is 54.6 Å². The summed E-state index contributed by atoms with van der Waals surface area (Å²) in [5.74, 6) is -4.54. The summed E-state index contributed by atoms with van der Waals surface area (Å²) in [5.41, 5.74) is -1.84. The minimum Gasteiger partial charge on any atom is -0.496 e. The first-order chi connectivity index (χ1) is 21.6. The van der Waals surface area contributed by atoms with Crippen molar-refractivity contribution in [3.63, 3.8) is 0 Å². The summed E-state index contributed by atoms with van der Waals surface area (Å²) in [6, 6.07) is 13.4. The Balaban J connectivity index is 1.86. The van der Waals surface area contributed by atoms with Crippen LogP contribution < -0.4 is 9.64 Å². The number of ether oxygens (including phenoxy) is 1.